The van der Waals surface area contributed by atoms with Crippen molar-refractivity contribution < 1.29 is 23.9 Å². The second-order valence-corrected chi connectivity index (χ2v) is 6.99. The van der Waals surface area contributed by atoms with E-state index in [0.717, 1.165) is 16.7 Å². The van der Waals surface area contributed by atoms with Crippen LogP contribution in [0.2, 0.25) is 0 Å². The summed E-state index contributed by atoms with van der Waals surface area (Å²) < 4.78 is 10.6. The lowest BCUT2D eigenvalue weighted by molar-refractivity contribution is -0.122. The standard InChI is InChI=1S/C18H15N5O5S/c19-15-14(20-3-4-21-15)16(24)22-5-6-23-17(25)13(29-18(23)26)8-10-1-2-11-12(7-10)28-9-27-11/h1-4,7-8H,5-6,9H2,(H2,19,21)(H,22,24)/b13-8-. The van der Waals surface area contributed by atoms with Crippen molar-refractivity contribution in [1.29, 1.82) is 0 Å². The third kappa shape index (κ3) is 3.85. The molecule has 0 atom stereocenters. The Labute approximate surface area is 169 Å². The quantitative estimate of drug-likeness (QED) is 0.694. The fourth-order valence-electron chi connectivity index (χ4n) is 2.74. The number of nitrogen functional groups attached to an aromatic ring is 1. The first-order valence-electron chi connectivity index (χ1n) is 8.52. The summed E-state index contributed by atoms with van der Waals surface area (Å²) in [5.74, 6) is 0.269. The molecule has 0 radical (unpaired) electrons. The largest absolute Gasteiger partial charge is 0.454 e. The van der Waals surface area contributed by atoms with Crippen molar-refractivity contribution in [3.63, 3.8) is 0 Å². The van der Waals surface area contributed by atoms with Crippen LogP contribution in [0.3, 0.4) is 0 Å². The highest BCUT2D eigenvalue weighted by Crippen LogP contribution is 2.36. The van der Waals surface area contributed by atoms with Gasteiger partial charge in [0.1, 0.15) is 0 Å². The topological polar surface area (TPSA) is 137 Å². The second kappa shape index (κ2) is 7.80. The van der Waals surface area contributed by atoms with E-state index in [1.54, 1.807) is 24.3 Å². The average Bonchev–Trinajstić information content (AvgIpc) is 3.27. The molecule has 148 valence electrons. The van der Waals surface area contributed by atoms with Gasteiger partial charge in [-0.1, -0.05) is 6.07 Å². The summed E-state index contributed by atoms with van der Waals surface area (Å²) in [7, 11) is 0. The molecule has 0 bridgehead atoms. The van der Waals surface area contributed by atoms with Crippen LogP contribution in [0.4, 0.5) is 10.6 Å². The minimum Gasteiger partial charge on any atom is -0.454 e. The van der Waals surface area contributed by atoms with Crippen LogP contribution < -0.4 is 20.5 Å². The zero-order valence-corrected chi connectivity index (χ0v) is 15.8. The van der Waals surface area contributed by atoms with Gasteiger partial charge in [-0.25, -0.2) is 9.97 Å². The molecule has 1 aromatic carbocycles. The van der Waals surface area contributed by atoms with Crippen molar-refractivity contribution in [2.75, 3.05) is 25.6 Å². The summed E-state index contributed by atoms with van der Waals surface area (Å²) in [6.07, 6.45) is 4.34. The number of ether oxygens (including phenoxy) is 2. The van der Waals surface area contributed by atoms with Crippen LogP contribution in [-0.2, 0) is 4.79 Å². The van der Waals surface area contributed by atoms with Gasteiger partial charge in [-0.2, -0.15) is 0 Å². The van der Waals surface area contributed by atoms with Crippen molar-refractivity contribution in [3.05, 3.63) is 46.8 Å². The molecule has 1 saturated heterocycles. The summed E-state index contributed by atoms with van der Waals surface area (Å²) in [5, 5.41) is 2.17. The molecular formula is C18H15N5O5S. The maximum Gasteiger partial charge on any atom is 0.293 e. The number of anilines is 1. The number of nitrogens with one attached hydrogen (secondary N) is 1. The van der Waals surface area contributed by atoms with Crippen molar-refractivity contribution >= 4 is 40.7 Å². The molecular weight excluding hydrogens is 398 g/mol. The zero-order valence-electron chi connectivity index (χ0n) is 15.0. The van der Waals surface area contributed by atoms with Gasteiger partial charge >= 0.3 is 0 Å². The monoisotopic (exact) mass is 413 g/mol. The summed E-state index contributed by atoms with van der Waals surface area (Å²) in [4.78, 5) is 45.9. The molecule has 4 rings (SSSR count). The molecule has 2 aliphatic rings. The molecule has 29 heavy (non-hydrogen) atoms. The molecule has 0 spiro atoms. The molecule has 0 aliphatic carbocycles. The Hall–Kier alpha value is -3.60. The van der Waals surface area contributed by atoms with Gasteiger partial charge in [-0.3, -0.25) is 19.3 Å². The Kier molecular flexibility index (Phi) is 5.04. The molecule has 3 N–H and O–H groups in total. The highest BCUT2D eigenvalue weighted by atomic mass is 32.2. The number of nitrogens with zero attached hydrogens (tertiary/aromatic N) is 3. The summed E-state index contributed by atoms with van der Waals surface area (Å²) in [6.45, 7) is 0.237. The van der Waals surface area contributed by atoms with E-state index in [-0.39, 0.29) is 31.4 Å². The SMILES string of the molecule is Nc1nccnc1C(=O)NCCN1C(=O)S/C(=C\c2ccc3c(c2)OCO3)C1=O. The summed E-state index contributed by atoms with van der Waals surface area (Å²) in [6, 6.07) is 5.25. The maximum absolute atomic E-state index is 12.6. The lowest BCUT2D eigenvalue weighted by Crippen LogP contribution is -2.37. The molecule has 10 nitrogen and oxygen atoms in total. The van der Waals surface area contributed by atoms with Crippen LogP contribution in [0, 0.1) is 0 Å². The molecule has 0 saturated carbocycles. The number of nitrogens with two attached hydrogens (primary N) is 1. The highest BCUT2D eigenvalue weighted by molar-refractivity contribution is 8.18. The van der Waals surface area contributed by atoms with Crippen LogP contribution in [0.1, 0.15) is 16.1 Å². The van der Waals surface area contributed by atoms with Gasteiger partial charge in [0.2, 0.25) is 6.79 Å². The number of hydrogen-bond acceptors (Lipinski definition) is 9. The molecule has 11 heteroatoms. The van der Waals surface area contributed by atoms with Gasteiger partial charge < -0.3 is 20.5 Å². The zero-order chi connectivity index (χ0) is 20.4. The summed E-state index contributed by atoms with van der Waals surface area (Å²) in [5.41, 5.74) is 6.31. The van der Waals surface area contributed by atoms with Gasteiger partial charge in [0.05, 0.1) is 4.91 Å². The van der Waals surface area contributed by atoms with Crippen molar-refractivity contribution in [2.24, 2.45) is 0 Å². The average molecular weight is 413 g/mol. The molecule has 2 aromatic rings. The van der Waals surface area contributed by atoms with E-state index >= 15 is 0 Å². The first-order valence-corrected chi connectivity index (χ1v) is 9.34. The fourth-order valence-corrected chi connectivity index (χ4v) is 3.60. The van der Waals surface area contributed by atoms with E-state index in [2.05, 4.69) is 15.3 Å². The molecule has 3 amide bonds. The first kappa shape index (κ1) is 18.7. The van der Waals surface area contributed by atoms with Gasteiger partial charge in [0.15, 0.2) is 23.0 Å². The first-order chi connectivity index (χ1) is 14.0. The van der Waals surface area contributed by atoms with E-state index in [0.29, 0.717) is 22.0 Å². The van der Waals surface area contributed by atoms with Gasteiger partial charge in [-0.15, -0.1) is 0 Å². The number of carbonyl (C=O) groups excluding carboxylic acids is 3. The van der Waals surface area contributed by atoms with Gasteiger partial charge in [0, 0.05) is 25.5 Å². The predicted octanol–water partition coefficient (Wildman–Crippen LogP) is 1.25. The molecule has 3 heterocycles. The van der Waals surface area contributed by atoms with Crippen LogP contribution in [0.15, 0.2) is 35.5 Å². The number of imide groups is 1. The Morgan fingerprint density at radius 1 is 1.24 bits per heavy atom. The third-order valence-corrected chi connectivity index (χ3v) is 5.04. The summed E-state index contributed by atoms with van der Waals surface area (Å²) >= 11 is 0.839. The number of carbonyl (C=O) groups is 3. The van der Waals surface area contributed by atoms with Crippen LogP contribution >= 0.6 is 11.8 Å². The number of benzene rings is 1. The van der Waals surface area contributed by atoms with Crippen molar-refractivity contribution in [1.82, 2.24) is 20.2 Å². The Bertz CT molecular complexity index is 1040. The Morgan fingerprint density at radius 2 is 2.03 bits per heavy atom. The number of rotatable bonds is 5. The van der Waals surface area contributed by atoms with Gasteiger partial charge in [0.25, 0.3) is 17.1 Å². The van der Waals surface area contributed by atoms with E-state index in [1.807, 2.05) is 0 Å². The molecule has 1 fully saturated rings. The minimum atomic E-state index is -0.529. The molecule has 2 aliphatic heterocycles. The van der Waals surface area contributed by atoms with Crippen LogP contribution in [-0.4, -0.2) is 51.8 Å². The number of amides is 3. The van der Waals surface area contributed by atoms with Crippen LogP contribution in [0.5, 0.6) is 11.5 Å². The van der Waals surface area contributed by atoms with E-state index < -0.39 is 17.1 Å². The molecule has 1 aromatic heterocycles. The smallest absolute Gasteiger partial charge is 0.293 e. The van der Waals surface area contributed by atoms with E-state index in [4.69, 9.17) is 15.2 Å². The minimum absolute atomic E-state index is 0.00262. The Balaban J connectivity index is 1.38. The predicted molar refractivity (Wildman–Crippen MR) is 104 cm³/mol. The number of aromatic nitrogens is 2. The number of thioether (sulfide) groups is 1. The van der Waals surface area contributed by atoms with Crippen molar-refractivity contribution in [3.8, 4) is 11.5 Å². The normalized spacial score (nSPS) is 16.6. The van der Waals surface area contributed by atoms with E-state index in [9.17, 15) is 14.4 Å². The number of hydrogen-bond donors (Lipinski definition) is 2. The van der Waals surface area contributed by atoms with Crippen LogP contribution in [0.25, 0.3) is 6.08 Å². The third-order valence-electron chi connectivity index (χ3n) is 4.13. The number of fused-ring (bicyclic) bond motifs is 1. The molecule has 0 unspecified atom stereocenters. The Morgan fingerprint density at radius 3 is 2.86 bits per heavy atom. The second-order valence-electron chi connectivity index (χ2n) is 5.99. The lowest BCUT2D eigenvalue weighted by atomic mass is 10.2. The van der Waals surface area contributed by atoms with Gasteiger partial charge in [-0.05, 0) is 35.5 Å². The highest BCUT2D eigenvalue weighted by Gasteiger charge is 2.34. The lowest BCUT2D eigenvalue weighted by Gasteiger charge is -2.13. The fraction of sp³-hybridized carbons (Fsp3) is 0.167. The van der Waals surface area contributed by atoms with E-state index in [1.165, 1.54) is 12.4 Å². The van der Waals surface area contributed by atoms with Crippen molar-refractivity contribution in [2.45, 2.75) is 0 Å². The maximum atomic E-state index is 12.6.